The summed E-state index contributed by atoms with van der Waals surface area (Å²) in [4.78, 5) is 11.3. The van der Waals surface area contributed by atoms with Crippen molar-refractivity contribution in [3.05, 3.63) is 0 Å². The second kappa shape index (κ2) is 6.14. The molecule has 0 saturated carbocycles. The van der Waals surface area contributed by atoms with Gasteiger partial charge in [-0.3, -0.25) is 4.79 Å². The number of carbonyl (C=O) groups excluding carboxylic acids is 1. The van der Waals surface area contributed by atoms with Gasteiger partial charge < -0.3 is 10.2 Å². The number of Topliss-reactive ketones (excluding diaryl/α,β-unsaturated/α-hetero) is 1. The molecule has 0 amide bonds. The van der Waals surface area contributed by atoms with E-state index in [-0.39, 0.29) is 17.6 Å². The van der Waals surface area contributed by atoms with Gasteiger partial charge in [-0.2, -0.15) is 0 Å². The van der Waals surface area contributed by atoms with Crippen LogP contribution < -0.4 is 0 Å². The highest BCUT2D eigenvalue weighted by Crippen LogP contribution is 2.19. The van der Waals surface area contributed by atoms with Crippen molar-refractivity contribution in [2.45, 2.75) is 52.7 Å². The molecule has 0 aromatic heterocycles. The number of hydrogen-bond acceptors (Lipinski definition) is 3. The largest absolute Gasteiger partial charge is 0.393 e. The third-order valence-corrected chi connectivity index (χ3v) is 2.93. The molecule has 0 bridgehead atoms. The van der Waals surface area contributed by atoms with Crippen LogP contribution in [0, 0.1) is 11.8 Å². The van der Waals surface area contributed by atoms with Crippen molar-refractivity contribution in [3.63, 3.8) is 0 Å². The monoisotopic (exact) mass is 202 g/mol. The molecule has 0 fully saturated rings. The van der Waals surface area contributed by atoms with Crippen molar-refractivity contribution in [3.8, 4) is 0 Å². The summed E-state index contributed by atoms with van der Waals surface area (Å²) in [7, 11) is 0. The van der Waals surface area contributed by atoms with Crippen LogP contribution >= 0.6 is 0 Å². The normalized spacial score (nSPS) is 19.9. The first-order valence-electron chi connectivity index (χ1n) is 5.34. The molecule has 0 heterocycles. The highest BCUT2D eigenvalue weighted by atomic mass is 16.3. The van der Waals surface area contributed by atoms with Crippen molar-refractivity contribution < 1.29 is 15.0 Å². The van der Waals surface area contributed by atoms with E-state index >= 15 is 0 Å². The van der Waals surface area contributed by atoms with E-state index in [9.17, 15) is 15.0 Å². The molecule has 4 unspecified atom stereocenters. The molecular formula is C11H22O3. The minimum atomic E-state index is -0.739. The molecule has 0 aliphatic carbocycles. The number of ketones is 1. The standard InChI is InChI=1S/C11H22O3/c1-5-9(12)7(3)11(14)8(4)10(13)6-2/h7-9,11-12,14H,5-6H2,1-4H3. The summed E-state index contributed by atoms with van der Waals surface area (Å²) in [5.41, 5.74) is 0. The minimum absolute atomic E-state index is 0.0488. The van der Waals surface area contributed by atoms with E-state index in [0.717, 1.165) is 0 Å². The summed E-state index contributed by atoms with van der Waals surface area (Å²) in [6.07, 6.45) is -0.229. The first-order valence-corrected chi connectivity index (χ1v) is 5.34. The Balaban J connectivity index is 4.30. The first-order chi connectivity index (χ1) is 6.45. The van der Waals surface area contributed by atoms with E-state index < -0.39 is 12.2 Å². The Morgan fingerprint density at radius 3 is 2.07 bits per heavy atom. The van der Waals surface area contributed by atoms with E-state index in [0.29, 0.717) is 12.8 Å². The van der Waals surface area contributed by atoms with Crippen LogP contribution in [0.15, 0.2) is 0 Å². The van der Waals surface area contributed by atoms with Crippen LogP contribution in [0.5, 0.6) is 0 Å². The van der Waals surface area contributed by atoms with Gasteiger partial charge in [-0.05, 0) is 6.42 Å². The van der Waals surface area contributed by atoms with Gasteiger partial charge in [0.05, 0.1) is 12.2 Å². The third kappa shape index (κ3) is 3.39. The summed E-state index contributed by atoms with van der Waals surface area (Å²) in [5, 5.41) is 19.3. The molecule has 14 heavy (non-hydrogen) atoms. The lowest BCUT2D eigenvalue weighted by atomic mass is 9.85. The van der Waals surface area contributed by atoms with Crippen molar-refractivity contribution in [2.75, 3.05) is 0 Å². The summed E-state index contributed by atoms with van der Waals surface area (Å²) < 4.78 is 0. The van der Waals surface area contributed by atoms with Gasteiger partial charge in [0.2, 0.25) is 0 Å². The van der Waals surface area contributed by atoms with Crippen LogP contribution in [-0.2, 0) is 4.79 Å². The Hall–Kier alpha value is -0.410. The van der Waals surface area contributed by atoms with Gasteiger partial charge in [0.15, 0.2) is 0 Å². The lowest BCUT2D eigenvalue weighted by molar-refractivity contribution is -0.127. The summed E-state index contributed by atoms with van der Waals surface area (Å²) >= 11 is 0. The molecule has 3 nitrogen and oxygen atoms in total. The van der Waals surface area contributed by atoms with E-state index in [1.807, 2.05) is 6.92 Å². The predicted octanol–water partition coefficient (Wildman–Crippen LogP) is 1.37. The van der Waals surface area contributed by atoms with Crippen molar-refractivity contribution in [1.82, 2.24) is 0 Å². The molecule has 0 aromatic carbocycles. The molecule has 0 rings (SSSR count). The smallest absolute Gasteiger partial charge is 0.138 e. The van der Waals surface area contributed by atoms with Crippen molar-refractivity contribution in [2.24, 2.45) is 11.8 Å². The lowest BCUT2D eigenvalue weighted by Crippen LogP contribution is -2.36. The van der Waals surface area contributed by atoms with Gasteiger partial charge in [-0.25, -0.2) is 0 Å². The Morgan fingerprint density at radius 1 is 1.21 bits per heavy atom. The van der Waals surface area contributed by atoms with Crippen LogP contribution in [-0.4, -0.2) is 28.2 Å². The number of aliphatic hydroxyl groups excluding tert-OH is 2. The Bertz CT molecular complexity index is 179. The number of rotatable bonds is 6. The molecule has 0 radical (unpaired) electrons. The van der Waals surface area contributed by atoms with Gasteiger partial charge in [0.1, 0.15) is 5.78 Å². The second-order valence-electron chi connectivity index (χ2n) is 3.93. The number of aliphatic hydroxyl groups is 2. The van der Waals surface area contributed by atoms with Crippen LogP contribution in [0.2, 0.25) is 0 Å². The summed E-state index contributed by atoms with van der Waals surface area (Å²) in [5.74, 6) is -0.575. The summed E-state index contributed by atoms with van der Waals surface area (Å²) in [6, 6.07) is 0. The van der Waals surface area contributed by atoms with Crippen molar-refractivity contribution >= 4 is 5.78 Å². The van der Waals surface area contributed by atoms with Crippen LogP contribution in [0.3, 0.4) is 0 Å². The highest BCUT2D eigenvalue weighted by Gasteiger charge is 2.29. The molecule has 0 aliphatic rings. The predicted molar refractivity (Wildman–Crippen MR) is 55.9 cm³/mol. The zero-order chi connectivity index (χ0) is 11.3. The average molecular weight is 202 g/mol. The van der Waals surface area contributed by atoms with Crippen molar-refractivity contribution in [1.29, 1.82) is 0 Å². The van der Waals surface area contributed by atoms with E-state index in [1.165, 1.54) is 0 Å². The Labute approximate surface area is 86.1 Å². The first kappa shape index (κ1) is 13.6. The minimum Gasteiger partial charge on any atom is -0.393 e. The van der Waals surface area contributed by atoms with Gasteiger partial charge in [-0.15, -0.1) is 0 Å². The van der Waals surface area contributed by atoms with Crippen LogP contribution in [0.4, 0.5) is 0 Å². The molecule has 84 valence electrons. The molecule has 3 heteroatoms. The molecule has 0 aromatic rings. The Kier molecular flexibility index (Phi) is 5.96. The molecule has 2 N–H and O–H groups in total. The molecule has 0 aliphatic heterocycles. The maximum atomic E-state index is 11.3. The van der Waals surface area contributed by atoms with Crippen LogP contribution in [0.1, 0.15) is 40.5 Å². The fourth-order valence-electron chi connectivity index (χ4n) is 1.57. The topological polar surface area (TPSA) is 57.5 Å². The zero-order valence-corrected chi connectivity index (χ0v) is 9.53. The van der Waals surface area contributed by atoms with Gasteiger partial charge in [-0.1, -0.05) is 27.7 Å². The SMILES string of the molecule is CCC(=O)C(C)C(O)C(C)C(O)CC. The van der Waals surface area contributed by atoms with Gasteiger partial charge >= 0.3 is 0 Å². The van der Waals surface area contributed by atoms with Gasteiger partial charge in [0.25, 0.3) is 0 Å². The number of carbonyl (C=O) groups is 1. The second-order valence-corrected chi connectivity index (χ2v) is 3.93. The highest BCUT2D eigenvalue weighted by molar-refractivity contribution is 5.80. The van der Waals surface area contributed by atoms with E-state index in [2.05, 4.69) is 0 Å². The fraction of sp³-hybridized carbons (Fsp3) is 0.909. The Morgan fingerprint density at radius 2 is 1.71 bits per heavy atom. The lowest BCUT2D eigenvalue weighted by Gasteiger charge is -2.27. The van der Waals surface area contributed by atoms with E-state index in [1.54, 1.807) is 20.8 Å². The molecular weight excluding hydrogens is 180 g/mol. The molecule has 4 atom stereocenters. The molecule has 0 saturated heterocycles. The maximum absolute atomic E-state index is 11.3. The van der Waals surface area contributed by atoms with Gasteiger partial charge in [0, 0.05) is 18.3 Å². The maximum Gasteiger partial charge on any atom is 0.138 e. The molecule has 0 spiro atoms. The fourth-order valence-corrected chi connectivity index (χ4v) is 1.57. The number of hydrogen-bond donors (Lipinski definition) is 2. The van der Waals surface area contributed by atoms with E-state index in [4.69, 9.17) is 0 Å². The average Bonchev–Trinajstić information content (AvgIpc) is 2.23. The zero-order valence-electron chi connectivity index (χ0n) is 9.53. The summed E-state index contributed by atoms with van der Waals surface area (Å²) in [6.45, 7) is 7.14. The third-order valence-electron chi connectivity index (χ3n) is 2.93. The van der Waals surface area contributed by atoms with Crippen LogP contribution in [0.25, 0.3) is 0 Å². The quantitative estimate of drug-likeness (QED) is 0.684.